The molecule has 1 aromatic heterocycles. The fraction of sp³-hybridized carbons (Fsp3) is 0.625. The molecule has 1 atom stereocenters. The molecule has 0 aliphatic rings. The minimum absolute atomic E-state index is 0. The highest BCUT2D eigenvalue weighted by molar-refractivity contribution is 14.0. The van der Waals surface area contributed by atoms with Crippen molar-refractivity contribution in [1.82, 2.24) is 20.0 Å². The van der Waals surface area contributed by atoms with Crippen LogP contribution in [-0.2, 0) is 6.54 Å². The van der Waals surface area contributed by atoms with Gasteiger partial charge in [0.1, 0.15) is 0 Å². The Morgan fingerprint density at radius 2 is 2.32 bits per heavy atom. The number of unbranched alkanes of at least 4 members (excludes halogenated alkanes) is 1. The van der Waals surface area contributed by atoms with Gasteiger partial charge in [-0.2, -0.15) is 5.10 Å². The first-order valence-electron chi connectivity index (χ1n) is 7.75. The molecule has 0 fully saturated rings. The molecule has 6 heteroatoms. The van der Waals surface area contributed by atoms with Gasteiger partial charge in [-0.3, -0.25) is 9.67 Å². The Bertz CT molecular complexity index is 416. The highest BCUT2D eigenvalue weighted by atomic mass is 127. The van der Waals surface area contributed by atoms with Crippen molar-refractivity contribution < 1.29 is 0 Å². The van der Waals surface area contributed by atoms with Crippen molar-refractivity contribution in [2.24, 2.45) is 10.9 Å². The molecule has 0 amide bonds. The molecule has 1 heterocycles. The lowest BCUT2D eigenvalue weighted by Crippen LogP contribution is -2.39. The van der Waals surface area contributed by atoms with E-state index in [4.69, 9.17) is 4.99 Å². The summed E-state index contributed by atoms with van der Waals surface area (Å²) in [7, 11) is 2.09. The third-order valence-electron chi connectivity index (χ3n) is 3.21. The molecule has 0 radical (unpaired) electrons. The maximum absolute atomic E-state index is 4.74. The van der Waals surface area contributed by atoms with Gasteiger partial charge in [0.05, 0.1) is 0 Å². The van der Waals surface area contributed by atoms with E-state index >= 15 is 0 Å². The lowest BCUT2D eigenvalue weighted by molar-refractivity contribution is 0.443. The second-order valence-corrected chi connectivity index (χ2v) is 5.38. The van der Waals surface area contributed by atoms with Crippen LogP contribution in [0.3, 0.4) is 0 Å². The van der Waals surface area contributed by atoms with E-state index in [0.29, 0.717) is 5.92 Å². The summed E-state index contributed by atoms with van der Waals surface area (Å²) in [5.74, 6) is 1.44. The van der Waals surface area contributed by atoms with Crippen LogP contribution >= 0.6 is 24.0 Å². The van der Waals surface area contributed by atoms with Crippen LogP contribution in [0.1, 0.15) is 26.7 Å². The fourth-order valence-corrected chi connectivity index (χ4v) is 2.08. The minimum atomic E-state index is 0. The van der Waals surface area contributed by atoms with Crippen molar-refractivity contribution in [2.45, 2.75) is 33.2 Å². The Kier molecular flexibility index (Phi) is 11.9. The first kappa shape index (κ1) is 20.9. The maximum atomic E-state index is 4.74. The Balaban J connectivity index is 0.00000441. The van der Waals surface area contributed by atoms with Crippen LogP contribution in [0.4, 0.5) is 0 Å². The minimum Gasteiger partial charge on any atom is -0.357 e. The normalized spacial score (nSPS) is 12.4. The third-order valence-corrected chi connectivity index (χ3v) is 3.21. The average molecular weight is 419 g/mol. The van der Waals surface area contributed by atoms with Crippen molar-refractivity contribution in [3.8, 4) is 0 Å². The molecule has 5 nitrogen and oxygen atoms in total. The monoisotopic (exact) mass is 419 g/mol. The summed E-state index contributed by atoms with van der Waals surface area (Å²) < 4.78 is 1.96. The maximum Gasteiger partial charge on any atom is 0.193 e. The van der Waals surface area contributed by atoms with Gasteiger partial charge in [0, 0.05) is 45.6 Å². The van der Waals surface area contributed by atoms with Gasteiger partial charge in [-0.25, -0.2) is 0 Å². The van der Waals surface area contributed by atoms with Gasteiger partial charge in [0.15, 0.2) is 5.96 Å². The zero-order valence-electron chi connectivity index (χ0n) is 14.0. The van der Waals surface area contributed by atoms with E-state index in [9.17, 15) is 0 Å². The van der Waals surface area contributed by atoms with E-state index in [1.54, 1.807) is 0 Å². The standard InChI is InChI=1S/C16H29N5.HI/c1-5-7-8-11-20(4)16(17-6-2)18-13-15(3)14-21-12-9-10-19-21;/h5,9-10,12,15H,1,6-8,11,13-14H2,2-4H3,(H,17,18);1H. The number of hydrogen-bond acceptors (Lipinski definition) is 2. The summed E-state index contributed by atoms with van der Waals surface area (Å²) in [6.07, 6.45) is 7.91. The molecule has 1 aromatic rings. The molecule has 22 heavy (non-hydrogen) atoms. The molecule has 0 saturated carbocycles. The summed E-state index contributed by atoms with van der Waals surface area (Å²) in [6, 6.07) is 1.95. The number of rotatable bonds is 9. The summed E-state index contributed by atoms with van der Waals surface area (Å²) in [5.41, 5.74) is 0. The van der Waals surface area contributed by atoms with Crippen molar-refractivity contribution in [3.63, 3.8) is 0 Å². The van der Waals surface area contributed by atoms with Crippen LogP contribution in [0.5, 0.6) is 0 Å². The SMILES string of the molecule is C=CCCCN(C)C(=NCC(C)Cn1cccn1)NCC.I. The number of halogens is 1. The molecule has 1 rings (SSSR count). The van der Waals surface area contributed by atoms with Crippen LogP contribution in [0.15, 0.2) is 36.1 Å². The fourth-order valence-electron chi connectivity index (χ4n) is 2.08. The quantitative estimate of drug-likeness (QED) is 0.220. The van der Waals surface area contributed by atoms with Crippen molar-refractivity contribution in [2.75, 3.05) is 26.7 Å². The number of aliphatic imine (C=N–C) groups is 1. The van der Waals surface area contributed by atoms with Gasteiger partial charge < -0.3 is 10.2 Å². The molecule has 1 N–H and O–H groups in total. The van der Waals surface area contributed by atoms with Gasteiger partial charge in [0.2, 0.25) is 0 Å². The topological polar surface area (TPSA) is 45.5 Å². The molecule has 0 aromatic carbocycles. The zero-order chi connectivity index (χ0) is 15.5. The molecule has 1 unspecified atom stereocenters. The average Bonchev–Trinajstić information content (AvgIpc) is 2.96. The summed E-state index contributed by atoms with van der Waals surface area (Å²) in [5, 5.41) is 7.59. The highest BCUT2D eigenvalue weighted by Gasteiger charge is 2.07. The zero-order valence-corrected chi connectivity index (χ0v) is 16.4. The third kappa shape index (κ3) is 8.41. The highest BCUT2D eigenvalue weighted by Crippen LogP contribution is 2.02. The molecule has 0 bridgehead atoms. The van der Waals surface area contributed by atoms with Crippen LogP contribution in [-0.4, -0.2) is 47.3 Å². The molecular formula is C16H30IN5. The summed E-state index contributed by atoms with van der Waals surface area (Å²) in [4.78, 5) is 6.93. The number of aromatic nitrogens is 2. The van der Waals surface area contributed by atoms with Crippen LogP contribution in [0, 0.1) is 5.92 Å². The molecule has 0 saturated heterocycles. The first-order chi connectivity index (χ1) is 10.2. The van der Waals surface area contributed by atoms with Crippen LogP contribution in [0.25, 0.3) is 0 Å². The Hall–Kier alpha value is -1.05. The Morgan fingerprint density at radius 3 is 2.91 bits per heavy atom. The summed E-state index contributed by atoms with van der Waals surface area (Å²) in [6.45, 7) is 11.6. The van der Waals surface area contributed by atoms with Crippen LogP contribution < -0.4 is 5.32 Å². The molecule has 126 valence electrons. The number of guanidine groups is 1. The van der Waals surface area contributed by atoms with E-state index in [1.165, 1.54) is 0 Å². The molecule has 0 aliphatic carbocycles. The second kappa shape index (κ2) is 12.5. The summed E-state index contributed by atoms with van der Waals surface area (Å²) >= 11 is 0. The van der Waals surface area contributed by atoms with Crippen LogP contribution in [0.2, 0.25) is 0 Å². The number of nitrogens with zero attached hydrogens (tertiary/aromatic N) is 4. The van der Waals surface area contributed by atoms with E-state index in [1.807, 2.05) is 29.2 Å². The second-order valence-electron chi connectivity index (χ2n) is 5.38. The predicted molar refractivity (Wildman–Crippen MR) is 105 cm³/mol. The van der Waals surface area contributed by atoms with E-state index < -0.39 is 0 Å². The first-order valence-corrected chi connectivity index (χ1v) is 7.75. The lowest BCUT2D eigenvalue weighted by Gasteiger charge is -2.22. The van der Waals surface area contributed by atoms with E-state index in [-0.39, 0.29) is 24.0 Å². The largest absolute Gasteiger partial charge is 0.357 e. The van der Waals surface area contributed by atoms with Crippen molar-refractivity contribution in [3.05, 3.63) is 31.1 Å². The number of nitrogens with one attached hydrogen (secondary N) is 1. The Morgan fingerprint density at radius 1 is 1.55 bits per heavy atom. The lowest BCUT2D eigenvalue weighted by atomic mass is 10.2. The molecule has 0 aliphatic heterocycles. The van der Waals surface area contributed by atoms with Gasteiger partial charge in [-0.05, 0) is 31.7 Å². The molecular weight excluding hydrogens is 389 g/mol. The van der Waals surface area contributed by atoms with Gasteiger partial charge in [-0.1, -0.05) is 13.0 Å². The van der Waals surface area contributed by atoms with Gasteiger partial charge in [0.25, 0.3) is 0 Å². The van der Waals surface area contributed by atoms with Gasteiger partial charge >= 0.3 is 0 Å². The number of allylic oxidation sites excluding steroid dienone is 1. The van der Waals surface area contributed by atoms with Crippen molar-refractivity contribution in [1.29, 1.82) is 0 Å². The number of hydrogen-bond donors (Lipinski definition) is 1. The molecule has 0 spiro atoms. The van der Waals surface area contributed by atoms with E-state index in [2.05, 4.69) is 42.8 Å². The van der Waals surface area contributed by atoms with E-state index in [0.717, 1.165) is 45.0 Å². The predicted octanol–water partition coefficient (Wildman–Crippen LogP) is 3.00. The smallest absolute Gasteiger partial charge is 0.193 e. The Labute approximate surface area is 151 Å². The van der Waals surface area contributed by atoms with Crippen molar-refractivity contribution >= 4 is 29.9 Å². The van der Waals surface area contributed by atoms with Gasteiger partial charge in [-0.15, -0.1) is 30.6 Å².